The van der Waals surface area contributed by atoms with Gasteiger partial charge < -0.3 is 5.32 Å². The molecule has 0 bridgehead atoms. The molecule has 0 heterocycles. The van der Waals surface area contributed by atoms with E-state index >= 15 is 0 Å². The highest BCUT2D eigenvalue weighted by atomic mass is 35.5. The molecular weight excluding hydrogens is 226 g/mol. The average Bonchev–Trinajstić information content (AvgIpc) is 2.03. The van der Waals surface area contributed by atoms with Crippen molar-refractivity contribution in [3.63, 3.8) is 0 Å². The van der Waals surface area contributed by atoms with E-state index in [0.717, 1.165) is 17.3 Å². The first-order valence-electron chi connectivity index (χ1n) is 4.38. The maximum Gasteiger partial charge on any atom is 0.278 e. The minimum Gasteiger partial charge on any atom is -0.315 e. The Labute approximate surface area is 92.8 Å². The summed E-state index contributed by atoms with van der Waals surface area (Å²) in [6.45, 7) is 4.09. The highest BCUT2D eigenvalue weighted by Crippen LogP contribution is 1.85. The lowest BCUT2D eigenvalue weighted by molar-refractivity contribution is 0.503. The molecule has 0 aliphatic heterocycles. The van der Waals surface area contributed by atoms with Gasteiger partial charge in [-0.3, -0.25) is 0 Å². The predicted octanol–water partition coefficient (Wildman–Crippen LogP) is -0.196. The van der Waals surface area contributed by atoms with Crippen LogP contribution in [0.5, 0.6) is 0 Å². The van der Waals surface area contributed by atoms with Crippen molar-refractivity contribution in [1.29, 1.82) is 0 Å². The predicted molar refractivity (Wildman–Crippen MR) is 61.0 cm³/mol. The SMILES string of the molecule is CCCNCCNS(=O)(=O)N(C)C.Cl. The maximum atomic E-state index is 11.2. The molecule has 0 unspecified atom stereocenters. The van der Waals surface area contributed by atoms with Crippen LogP contribution in [0.15, 0.2) is 0 Å². The smallest absolute Gasteiger partial charge is 0.278 e. The molecule has 0 rings (SSSR count). The third-order valence-electron chi connectivity index (χ3n) is 1.49. The molecule has 5 nitrogen and oxygen atoms in total. The van der Waals surface area contributed by atoms with Crippen molar-refractivity contribution in [2.24, 2.45) is 0 Å². The van der Waals surface area contributed by atoms with Gasteiger partial charge in [0, 0.05) is 27.2 Å². The quantitative estimate of drug-likeness (QED) is 0.611. The van der Waals surface area contributed by atoms with Crippen LogP contribution in [-0.2, 0) is 10.2 Å². The molecule has 0 aromatic rings. The maximum absolute atomic E-state index is 11.2. The van der Waals surface area contributed by atoms with Crippen molar-refractivity contribution < 1.29 is 8.42 Å². The molecule has 0 aliphatic rings. The Hall–Kier alpha value is 0.120. The molecule has 0 spiro atoms. The normalized spacial score (nSPS) is 11.4. The molecule has 7 heteroatoms. The number of nitrogens with one attached hydrogen (secondary N) is 2. The van der Waals surface area contributed by atoms with Gasteiger partial charge in [0.05, 0.1) is 0 Å². The van der Waals surface area contributed by atoms with Gasteiger partial charge in [0.25, 0.3) is 10.2 Å². The Morgan fingerprint density at radius 2 is 1.71 bits per heavy atom. The Morgan fingerprint density at radius 3 is 2.14 bits per heavy atom. The third kappa shape index (κ3) is 7.52. The number of nitrogens with zero attached hydrogens (tertiary/aromatic N) is 1. The Kier molecular flexibility index (Phi) is 9.96. The summed E-state index contributed by atoms with van der Waals surface area (Å²) in [5.41, 5.74) is 0. The van der Waals surface area contributed by atoms with Crippen LogP contribution in [0.25, 0.3) is 0 Å². The van der Waals surface area contributed by atoms with Crippen molar-refractivity contribution in [3.05, 3.63) is 0 Å². The van der Waals surface area contributed by atoms with Crippen LogP contribution >= 0.6 is 12.4 Å². The van der Waals surface area contributed by atoms with E-state index in [1.807, 2.05) is 0 Å². The Balaban J connectivity index is 0. The highest BCUT2D eigenvalue weighted by Gasteiger charge is 2.10. The van der Waals surface area contributed by atoms with Crippen molar-refractivity contribution in [2.75, 3.05) is 33.7 Å². The van der Waals surface area contributed by atoms with Crippen LogP contribution in [0.2, 0.25) is 0 Å². The molecule has 0 atom stereocenters. The zero-order valence-electron chi connectivity index (χ0n) is 8.91. The van der Waals surface area contributed by atoms with E-state index in [1.54, 1.807) is 0 Å². The first-order chi connectivity index (χ1) is 6.00. The molecule has 0 aromatic carbocycles. The molecule has 14 heavy (non-hydrogen) atoms. The lowest BCUT2D eigenvalue weighted by Crippen LogP contribution is -2.39. The van der Waals surface area contributed by atoms with E-state index in [2.05, 4.69) is 17.0 Å². The summed E-state index contributed by atoms with van der Waals surface area (Å²) >= 11 is 0. The van der Waals surface area contributed by atoms with Gasteiger partial charge in [-0.25, -0.2) is 4.72 Å². The summed E-state index contributed by atoms with van der Waals surface area (Å²) in [6.07, 6.45) is 1.06. The minimum absolute atomic E-state index is 0. The average molecular weight is 246 g/mol. The van der Waals surface area contributed by atoms with Gasteiger partial charge in [0.2, 0.25) is 0 Å². The molecule has 0 radical (unpaired) electrons. The van der Waals surface area contributed by atoms with Crippen molar-refractivity contribution in [2.45, 2.75) is 13.3 Å². The lowest BCUT2D eigenvalue weighted by Gasteiger charge is -2.12. The molecule has 0 aliphatic carbocycles. The molecule has 0 aromatic heterocycles. The second kappa shape index (κ2) is 8.43. The van der Waals surface area contributed by atoms with Crippen molar-refractivity contribution in [1.82, 2.24) is 14.3 Å². The van der Waals surface area contributed by atoms with Gasteiger partial charge in [-0.1, -0.05) is 6.92 Å². The van der Waals surface area contributed by atoms with Gasteiger partial charge in [-0.05, 0) is 13.0 Å². The van der Waals surface area contributed by atoms with E-state index < -0.39 is 10.2 Å². The Bertz CT molecular complexity index is 219. The lowest BCUT2D eigenvalue weighted by atomic mass is 10.5. The van der Waals surface area contributed by atoms with Gasteiger partial charge >= 0.3 is 0 Å². The summed E-state index contributed by atoms with van der Waals surface area (Å²) in [7, 11) is -0.238. The number of hydrogen-bond acceptors (Lipinski definition) is 3. The van der Waals surface area contributed by atoms with Crippen LogP contribution < -0.4 is 10.0 Å². The zero-order valence-corrected chi connectivity index (χ0v) is 10.5. The minimum atomic E-state index is -3.24. The second-order valence-electron chi connectivity index (χ2n) is 2.93. The summed E-state index contributed by atoms with van der Waals surface area (Å²) in [6, 6.07) is 0. The third-order valence-corrected chi connectivity index (χ3v) is 3.02. The highest BCUT2D eigenvalue weighted by molar-refractivity contribution is 7.87. The van der Waals surface area contributed by atoms with Crippen molar-refractivity contribution in [3.8, 4) is 0 Å². The van der Waals surface area contributed by atoms with Gasteiger partial charge in [0.15, 0.2) is 0 Å². The van der Waals surface area contributed by atoms with Gasteiger partial charge in [0.1, 0.15) is 0 Å². The van der Waals surface area contributed by atoms with Crippen LogP contribution in [0.1, 0.15) is 13.3 Å². The number of halogens is 1. The van der Waals surface area contributed by atoms with Crippen LogP contribution in [0.3, 0.4) is 0 Å². The summed E-state index contributed by atoms with van der Waals surface area (Å²) in [5, 5.41) is 3.10. The standard InChI is InChI=1S/C7H19N3O2S.ClH/c1-4-5-8-6-7-9-13(11,12)10(2)3;/h8-9H,4-7H2,1-3H3;1H. The fourth-order valence-corrected chi connectivity index (χ4v) is 1.32. The fourth-order valence-electron chi connectivity index (χ4n) is 0.699. The van der Waals surface area contributed by atoms with Crippen LogP contribution in [0, 0.1) is 0 Å². The van der Waals surface area contributed by atoms with Crippen LogP contribution in [-0.4, -0.2) is 46.5 Å². The molecule has 0 saturated carbocycles. The largest absolute Gasteiger partial charge is 0.315 e. The van der Waals surface area contributed by atoms with Crippen molar-refractivity contribution >= 4 is 22.6 Å². The summed E-state index contributed by atoms with van der Waals surface area (Å²) in [5.74, 6) is 0. The molecule has 2 N–H and O–H groups in total. The number of rotatable bonds is 7. The van der Waals surface area contributed by atoms with Gasteiger partial charge in [-0.2, -0.15) is 12.7 Å². The Morgan fingerprint density at radius 1 is 1.14 bits per heavy atom. The van der Waals surface area contributed by atoms with E-state index in [1.165, 1.54) is 14.1 Å². The number of hydrogen-bond donors (Lipinski definition) is 2. The van der Waals surface area contributed by atoms with E-state index in [-0.39, 0.29) is 12.4 Å². The second-order valence-corrected chi connectivity index (χ2v) is 4.90. The first-order valence-corrected chi connectivity index (χ1v) is 5.82. The van der Waals surface area contributed by atoms with E-state index in [9.17, 15) is 8.42 Å². The summed E-state index contributed by atoms with van der Waals surface area (Å²) in [4.78, 5) is 0. The molecule has 0 amide bonds. The first kappa shape index (κ1) is 16.5. The monoisotopic (exact) mass is 245 g/mol. The summed E-state index contributed by atoms with van der Waals surface area (Å²) < 4.78 is 25.9. The topological polar surface area (TPSA) is 61.4 Å². The molecule has 88 valence electrons. The van der Waals surface area contributed by atoms with Crippen LogP contribution in [0.4, 0.5) is 0 Å². The van der Waals surface area contributed by atoms with Gasteiger partial charge in [-0.15, -0.1) is 12.4 Å². The molecule has 0 saturated heterocycles. The fraction of sp³-hybridized carbons (Fsp3) is 1.00. The molecular formula is C7H20ClN3O2S. The van der Waals surface area contributed by atoms with E-state index in [4.69, 9.17) is 0 Å². The zero-order chi connectivity index (χ0) is 10.3. The molecule has 0 fully saturated rings. The van der Waals surface area contributed by atoms with E-state index in [0.29, 0.717) is 13.1 Å².